The summed E-state index contributed by atoms with van der Waals surface area (Å²) in [7, 11) is 0. The summed E-state index contributed by atoms with van der Waals surface area (Å²) in [5.74, 6) is -0.00236. The molecule has 8 nitrogen and oxygen atoms in total. The van der Waals surface area contributed by atoms with Gasteiger partial charge >= 0.3 is 0 Å². The van der Waals surface area contributed by atoms with Crippen molar-refractivity contribution in [1.29, 1.82) is 0 Å². The van der Waals surface area contributed by atoms with Gasteiger partial charge in [-0.05, 0) is 67.7 Å². The van der Waals surface area contributed by atoms with E-state index >= 15 is 0 Å². The summed E-state index contributed by atoms with van der Waals surface area (Å²) in [5, 5.41) is 19.2. The Labute approximate surface area is 193 Å². The summed E-state index contributed by atoms with van der Waals surface area (Å²) in [6.07, 6.45) is 2.41. The lowest BCUT2D eigenvalue weighted by Crippen LogP contribution is -2.49. The second-order valence-corrected chi connectivity index (χ2v) is 8.57. The smallest absolute Gasteiger partial charge is 0.251 e. The van der Waals surface area contributed by atoms with E-state index in [-0.39, 0.29) is 37.2 Å². The maximum absolute atomic E-state index is 13.3. The molecular weight excluding hydrogens is 423 g/mol. The molecule has 0 spiro atoms. The Hall–Kier alpha value is -2.56. The molecule has 2 aliphatic rings. The van der Waals surface area contributed by atoms with Crippen molar-refractivity contribution in [2.45, 2.75) is 31.7 Å². The number of piperidine rings is 1. The molecule has 4 rings (SSSR count). The number of β-amino-alcohol motifs (C(OH)–C–C–N with tert-alkyl or cyclic N) is 1. The van der Waals surface area contributed by atoms with Crippen molar-refractivity contribution in [3.63, 3.8) is 0 Å². The number of halogens is 1. The molecule has 2 fully saturated rings. The van der Waals surface area contributed by atoms with Crippen molar-refractivity contribution in [3.8, 4) is 0 Å². The lowest BCUT2D eigenvalue weighted by molar-refractivity contribution is 0.0950. The zero-order valence-electron chi connectivity index (χ0n) is 18.7. The lowest BCUT2D eigenvalue weighted by Gasteiger charge is -2.35. The van der Waals surface area contributed by atoms with Gasteiger partial charge in [-0.3, -0.25) is 9.69 Å². The number of nitrogens with zero attached hydrogens (tertiary/aromatic N) is 1. The number of amides is 1. The van der Waals surface area contributed by atoms with Gasteiger partial charge in [-0.2, -0.15) is 0 Å². The Bertz CT molecular complexity index is 923. The van der Waals surface area contributed by atoms with Crippen LogP contribution in [0, 0.1) is 11.7 Å². The van der Waals surface area contributed by atoms with Crippen LogP contribution in [0.3, 0.4) is 0 Å². The molecule has 178 valence electrons. The average molecular weight is 457 g/mol. The number of benzene rings is 2. The number of carbonyl (C=O) groups is 1. The zero-order chi connectivity index (χ0) is 23.0. The maximum atomic E-state index is 13.3. The van der Waals surface area contributed by atoms with Gasteiger partial charge in [0.1, 0.15) is 5.82 Å². The number of anilines is 1. The van der Waals surface area contributed by atoms with Gasteiger partial charge in [0.05, 0.1) is 18.9 Å². The van der Waals surface area contributed by atoms with Gasteiger partial charge in [0.25, 0.3) is 5.91 Å². The van der Waals surface area contributed by atoms with Gasteiger partial charge in [0.2, 0.25) is 0 Å². The van der Waals surface area contributed by atoms with Crippen LogP contribution in [-0.4, -0.2) is 61.0 Å². The van der Waals surface area contributed by atoms with E-state index in [1.165, 1.54) is 12.1 Å². The van der Waals surface area contributed by atoms with E-state index in [1.54, 1.807) is 18.2 Å². The first-order valence-electron chi connectivity index (χ1n) is 11.6. The molecule has 33 heavy (non-hydrogen) atoms. The zero-order valence-corrected chi connectivity index (χ0v) is 18.7. The highest BCUT2D eigenvalue weighted by Gasteiger charge is 2.37. The van der Waals surface area contributed by atoms with E-state index in [0.717, 1.165) is 31.6 Å². The summed E-state index contributed by atoms with van der Waals surface area (Å²) in [6, 6.07) is 13.5. The van der Waals surface area contributed by atoms with Gasteiger partial charge < -0.3 is 21.1 Å². The third kappa shape index (κ3) is 6.27. The monoisotopic (exact) mass is 456 g/mol. The van der Waals surface area contributed by atoms with E-state index in [2.05, 4.69) is 31.7 Å². The summed E-state index contributed by atoms with van der Waals surface area (Å²) in [5.41, 5.74) is 8.87. The molecule has 0 radical (unpaired) electrons. The minimum atomic E-state index is -0.319. The summed E-state index contributed by atoms with van der Waals surface area (Å²) in [4.78, 5) is 14.9. The van der Waals surface area contributed by atoms with E-state index in [0.29, 0.717) is 30.1 Å². The van der Waals surface area contributed by atoms with Gasteiger partial charge in [-0.15, -0.1) is 0 Å². The summed E-state index contributed by atoms with van der Waals surface area (Å²) in [6.45, 7) is 3.61. The minimum Gasteiger partial charge on any atom is -0.395 e. The Morgan fingerprint density at radius 3 is 2.73 bits per heavy atom. The van der Waals surface area contributed by atoms with Crippen molar-refractivity contribution >= 4 is 11.6 Å². The normalized spacial score (nSPS) is 21.8. The molecule has 2 atom stereocenters. The highest BCUT2D eigenvalue weighted by Crippen LogP contribution is 2.23. The number of nitrogens with one attached hydrogen (secondary N) is 5. The standard InChI is InChI=1S/C24H33FN6O2/c25-20-5-1-3-17(13-20)15-28-24(33)19-4-2-6-21(14-19)27-16-22-29-30-23(31(22)11-12-32)18-7-9-26-10-8-18/h1-6,13-14,18,22-23,26-27,29-30,32H,7-12,15-16H2,(H,28,33). The number of hydrazine groups is 1. The van der Waals surface area contributed by atoms with Crippen LogP contribution in [-0.2, 0) is 6.54 Å². The second-order valence-electron chi connectivity index (χ2n) is 8.57. The largest absolute Gasteiger partial charge is 0.395 e. The molecule has 2 saturated heterocycles. The first kappa shape index (κ1) is 23.6. The SMILES string of the molecule is O=C(NCc1cccc(F)c1)c1cccc(NCC2NNC(C3CCNCC3)N2CCO)c1. The Kier molecular flexibility index (Phi) is 8.25. The molecule has 9 heteroatoms. The fraction of sp³-hybridized carbons (Fsp3) is 0.458. The number of hydrogen-bond acceptors (Lipinski definition) is 7. The van der Waals surface area contributed by atoms with E-state index in [1.807, 2.05) is 18.2 Å². The van der Waals surface area contributed by atoms with Crippen LogP contribution in [0.1, 0.15) is 28.8 Å². The molecule has 0 aliphatic carbocycles. The molecule has 0 bridgehead atoms. The van der Waals surface area contributed by atoms with Gasteiger partial charge in [-0.1, -0.05) is 18.2 Å². The molecule has 0 aromatic heterocycles. The van der Waals surface area contributed by atoms with Gasteiger partial charge in [0.15, 0.2) is 0 Å². The Morgan fingerprint density at radius 1 is 1.12 bits per heavy atom. The van der Waals surface area contributed by atoms with Crippen LogP contribution in [0.4, 0.5) is 10.1 Å². The Morgan fingerprint density at radius 2 is 1.94 bits per heavy atom. The van der Waals surface area contributed by atoms with Crippen LogP contribution in [0.15, 0.2) is 48.5 Å². The van der Waals surface area contributed by atoms with Crippen molar-refractivity contribution in [1.82, 2.24) is 26.4 Å². The fourth-order valence-electron chi connectivity index (χ4n) is 4.58. The minimum absolute atomic E-state index is 0.0162. The average Bonchev–Trinajstić information content (AvgIpc) is 3.25. The van der Waals surface area contributed by atoms with Crippen molar-refractivity contribution < 1.29 is 14.3 Å². The van der Waals surface area contributed by atoms with Crippen LogP contribution < -0.4 is 26.8 Å². The molecule has 6 N–H and O–H groups in total. The molecule has 2 unspecified atom stereocenters. The quantitative estimate of drug-likeness (QED) is 0.338. The molecule has 2 aromatic rings. The Balaban J connectivity index is 1.32. The predicted molar refractivity (Wildman–Crippen MR) is 126 cm³/mol. The van der Waals surface area contributed by atoms with Crippen molar-refractivity contribution in [2.24, 2.45) is 5.92 Å². The fourth-order valence-corrected chi connectivity index (χ4v) is 4.58. The first-order chi connectivity index (χ1) is 16.1. The van der Waals surface area contributed by atoms with Gasteiger partial charge in [-0.25, -0.2) is 15.2 Å². The van der Waals surface area contributed by atoms with Crippen molar-refractivity contribution in [2.75, 3.05) is 38.1 Å². The van der Waals surface area contributed by atoms with Crippen molar-refractivity contribution in [3.05, 3.63) is 65.5 Å². The van der Waals surface area contributed by atoms with E-state index in [4.69, 9.17) is 0 Å². The third-order valence-electron chi connectivity index (χ3n) is 6.31. The predicted octanol–water partition coefficient (Wildman–Crippen LogP) is 1.22. The number of rotatable bonds is 9. The topological polar surface area (TPSA) is 101 Å². The van der Waals surface area contributed by atoms with E-state index in [9.17, 15) is 14.3 Å². The van der Waals surface area contributed by atoms with Gasteiger partial charge in [0, 0.05) is 30.9 Å². The molecule has 2 aliphatic heterocycles. The second kappa shape index (κ2) is 11.5. The van der Waals surface area contributed by atoms with E-state index < -0.39 is 0 Å². The van der Waals surface area contributed by atoms with Crippen LogP contribution in [0.2, 0.25) is 0 Å². The number of hydrogen-bond donors (Lipinski definition) is 6. The molecule has 2 heterocycles. The third-order valence-corrected chi connectivity index (χ3v) is 6.31. The highest BCUT2D eigenvalue weighted by molar-refractivity contribution is 5.95. The molecule has 1 amide bonds. The molecule has 2 aromatic carbocycles. The molecule has 0 saturated carbocycles. The number of aliphatic hydroxyl groups is 1. The maximum Gasteiger partial charge on any atom is 0.251 e. The van der Waals surface area contributed by atoms with Crippen LogP contribution >= 0.6 is 0 Å². The van der Waals surface area contributed by atoms with Crippen LogP contribution in [0.25, 0.3) is 0 Å². The summed E-state index contributed by atoms with van der Waals surface area (Å²) < 4.78 is 13.3. The number of carbonyl (C=O) groups excluding carboxylic acids is 1. The summed E-state index contributed by atoms with van der Waals surface area (Å²) >= 11 is 0. The lowest BCUT2D eigenvalue weighted by atomic mass is 9.94. The highest BCUT2D eigenvalue weighted by atomic mass is 19.1. The number of aliphatic hydroxyl groups excluding tert-OH is 1. The first-order valence-corrected chi connectivity index (χ1v) is 11.6. The molecular formula is C24H33FN6O2. The van der Waals surface area contributed by atoms with Crippen LogP contribution in [0.5, 0.6) is 0 Å².